The number of aromatic nitrogens is 2. The number of fused-ring (bicyclic) bond motifs is 2. The summed E-state index contributed by atoms with van der Waals surface area (Å²) in [6.45, 7) is 0. The Bertz CT molecular complexity index is 1010. The van der Waals surface area contributed by atoms with Gasteiger partial charge in [0.2, 0.25) is 0 Å². The Morgan fingerprint density at radius 1 is 1.00 bits per heavy atom. The SMILES string of the molecule is COc1ccc2nccc(Oc3ccc4nc(N)sc4c3)c2c1. The first-order valence-electron chi connectivity index (χ1n) is 6.99. The number of thiazole rings is 1. The highest BCUT2D eigenvalue weighted by atomic mass is 32.1. The van der Waals surface area contributed by atoms with Gasteiger partial charge < -0.3 is 15.2 Å². The number of nitrogens with zero attached hydrogens (tertiary/aromatic N) is 2. The molecule has 0 atom stereocenters. The van der Waals surface area contributed by atoms with E-state index in [0.717, 1.165) is 38.4 Å². The maximum atomic E-state index is 6.05. The molecule has 23 heavy (non-hydrogen) atoms. The molecule has 6 heteroatoms. The van der Waals surface area contributed by atoms with Crippen LogP contribution in [0.1, 0.15) is 0 Å². The van der Waals surface area contributed by atoms with Crippen molar-refractivity contribution in [3.05, 3.63) is 48.7 Å². The first kappa shape index (κ1) is 13.8. The number of hydrogen-bond acceptors (Lipinski definition) is 6. The zero-order chi connectivity index (χ0) is 15.8. The van der Waals surface area contributed by atoms with Crippen LogP contribution in [0.3, 0.4) is 0 Å². The van der Waals surface area contributed by atoms with Crippen molar-refractivity contribution in [1.29, 1.82) is 0 Å². The van der Waals surface area contributed by atoms with E-state index in [-0.39, 0.29) is 0 Å². The molecule has 0 saturated heterocycles. The molecule has 0 radical (unpaired) electrons. The van der Waals surface area contributed by atoms with Crippen molar-refractivity contribution < 1.29 is 9.47 Å². The molecule has 114 valence electrons. The highest BCUT2D eigenvalue weighted by molar-refractivity contribution is 7.22. The number of anilines is 1. The lowest BCUT2D eigenvalue weighted by atomic mass is 10.2. The smallest absolute Gasteiger partial charge is 0.181 e. The van der Waals surface area contributed by atoms with E-state index in [4.69, 9.17) is 15.2 Å². The molecule has 4 aromatic rings. The van der Waals surface area contributed by atoms with Crippen molar-refractivity contribution in [2.75, 3.05) is 12.8 Å². The maximum absolute atomic E-state index is 6.05. The summed E-state index contributed by atoms with van der Waals surface area (Å²) >= 11 is 1.44. The molecule has 2 N–H and O–H groups in total. The van der Waals surface area contributed by atoms with Gasteiger partial charge in [0.1, 0.15) is 17.2 Å². The molecule has 2 aromatic heterocycles. The Morgan fingerprint density at radius 2 is 1.83 bits per heavy atom. The highest BCUT2D eigenvalue weighted by Crippen LogP contribution is 2.33. The van der Waals surface area contributed by atoms with Crippen LogP contribution in [0.5, 0.6) is 17.2 Å². The van der Waals surface area contributed by atoms with Crippen molar-refractivity contribution in [3.8, 4) is 17.2 Å². The Balaban J connectivity index is 1.78. The fourth-order valence-electron chi connectivity index (χ4n) is 2.43. The number of hydrogen-bond donors (Lipinski definition) is 1. The fraction of sp³-hybridized carbons (Fsp3) is 0.0588. The van der Waals surface area contributed by atoms with Crippen LogP contribution in [0, 0.1) is 0 Å². The molecule has 0 unspecified atom stereocenters. The summed E-state index contributed by atoms with van der Waals surface area (Å²) in [6.07, 6.45) is 1.73. The van der Waals surface area contributed by atoms with Gasteiger partial charge >= 0.3 is 0 Å². The van der Waals surface area contributed by atoms with Crippen LogP contribution in [0.2, 0.25) is 0 Å². The number of pyridine rings is 1. The van der Waals surface area contributed by atoms with Crippen LogP contribution in [0.25, 0.3) is 21.1 Å². The summed E-state index contributed by atoms with van der Waals surface area (Å²) < 4.78 is 12.3. The van der Waals surface area contributed by atoms with Crippen LogP contribution >= 0.6 is 11.3 Å². The quantitative estimate of drug-likeness (QED) is 0.611. The predicted octanol–water partition coefficient (Wildman–Crippen LogP) is 4.23. The van der Waals surface area contributed by atoms with E-state index in [9.17, 15) is 0 Å². The molecular formula is C17H13N3O2S. The van der Waals surface area contributed by atoms with E-state index >= 15 is 0 Å². The molecule has 0 saturated carbocycles. The monoisotopic (exact) mass is 323 g/mol. The first-order valence-corrected chi connectivity index (χ1v) is 7.81. The topological polar surface area (TPSA) is 70.3 Å². The molecule has 0 bridgehead atoms. The molecule has 0 fully saturated rings. The maximum Gasteiger partial charge on any atom is 0.181 e. The zero-order valence-electron chi connectivity index (χ0n) is 12.3. The van der Waals surface area contributed by atoms with Crippen molar-refractivity contribution in [2.45, 2.75) is 0 Å². The molecule has 2 aromatic carbocycles. The third-order valence-corrected chi connectivity index (χ3v) is 4.36. The van der Waals surface area contributed by atoms with Crippen LogP contribution < -0.4 is 15.2 Å². The first-order chi connectivity index (χ1) is 11.2. The van der Waals surface area contributed by atoms with Gasteiger partial charge in [-0.1, -0.05) is 11.3 Å². The second-order valence-corrected chi connectivity index (χ2v) is 6.04. The van der Waals surface area contributed by atoms with Crippen LogP contribution in [-0.4, -0.2) is 17.1 Å². The summed E-state index contributed by atoms with van der Waals surface area (Å²) in [5.74, 6) is 2.23. The summed E-state index contributed by atoms with van der Waals surface area (Å²) in [5.41, 5.74) is 7.47. The third kappa shape index (κ3) is 2.53. The van der Waals surface area contributed by atoms with Crippen molar-refractivity contribution in [1.82, 2.24) is 9.97 Å². The van der Waals surface area contributed by atoms with Gasteiger partial charge in [0.15, 0.2) is 5.13 Å². The second-order valence-electron chi connectivity index (χ2n) is 4.98. The van der Waals surface area contributed by atoms with E-state index in [1.165, 1.54) is 11.3 Å². The molecule has 0 aliphatic rings. The molecular weight excluding hydrogens is 310 g/mol. The lowest BCUT2D eigenvalue weighted by Crippen LogP contribution is -1.89. The lowest BCUT2D eigenvalue weighted by Gasteiger charge is -2.09. The Morgan fingerprint density at radius 3 is 2.70 bits per heavy atom. The van der Waals surface area contributed by atoms with E-state index in [1.54, 1.807) is 13.3 Å². The summed E-state index contributed by atoms with van der Waals surface area (Å²) in [5, 5.41) is 1.45. The van der Waals surface area contributed by atoms with Gasteiger partial charge in [0.05, 0.1) is 22.8 Å². The van der Waals surface area contributed by atoms with E-state index in [0.29, 0.717) is 5.13 Å². The second kappa shape index (κ2) is 5.40. The molecule has 4 rings (SSSR count). The van der Waals surface area contributed by atoms with Crippen LogP contribution in [0.4, 0.5) is 5.13 Å². The molecule has 0 aliphatic heterocycles. The van der Waals surface area contributed by atoms with Crippen molar-refractivity contribution in [3.63, 3.8) is 0 Å². The van der Waals surface area contributed by atoms with Gasteiger partial charge in [0, 0.05) is 17.6 Å². The Labute approximate surface area is 136 Å². The van der Waals surface area contributed by atoms with Crippen molar-refractivity contribution >= 4 is 37.6 Å². The summed E-state index contributed by atoms with van der Waals surface area (Å²) in [4.78, 5) is 8.60. The minimum absolute atomic E-state index is 0.552. The van der Waals surface area contributed by atoms with E-state index in [1.807, 2.05) is 42.5 Å². The number of ether oxygens (including phenoxy) is 2. The Hall–Kier alpha value is -2.86. The molecule has 5 nitrogen and oxygen atoms in total. The van der Waals surface area contributed by atoms with Gasteiger partial charge in [-0.05, 0) is 36.4 Å². The average molecular weight is 323 g/mol. The fourth-order valence-corrected chi connectivity index (χ4v) is 3.19. The molecule has 0 spiro atoms. The predicted molar refractivity (Wildman–Crippen MR) is 92.4 cm³/mol. The normalized spacial score (nSPS) is 11.0. The molecule has 2 heterocycles. The summed E-state index contributed by atoms with van der Waals surface area (Å²) in [7, 11) is 1.64. The standard InChI is InChI=1S/C17H13N3O2S/c1-21-10-2-4-13-12(8-10)15(6-7-19-13)22-11-3-5-14-16(9-11)23-17(18)20-14/h2-9H,1H3,(H2,18,20). The number of nitrogens with two attached hydrogens (primary N) is 1. The summed E-state index contributed by atoms with van der Waals surface area (Å²) in [6, 6.07) is 13.3. The van der Waals surface area contributed by atoms with Gasteiger partial charge in [-0.25, -0.2) is 4.98 Å². The van der Waals surface area contributed by atoms with Gasteiger partial charge in [-0.15, -0.1) is 0 Å². The lowest BCUT2D eigenvalue weighted by molar-refractivity contribution is 0.415. The molecule has 0 aliphatic carbocycles. The molecule has 0 amide bonds. The van der Waals surface area contributed by atoms with Gasteiger partial charge in [-0.2, -0.15) is 0 Å². The minimum Gasteiger partial charge on any atom is -0.497 e. The average Bonchev–Trinajstić information content (AvgIpc) is 2.94. The zero-order valence-corrected chi connectivity index (χ0v) is 13.1. The Kier molecular flexibility index (Phi) is 3.24. The third-order valence-electron chi connectivity index (χ3n) is 3.51. The highest BCUT2D eigenvalue weighted by Gasteiger charge is 2.08. The number of methoxy groups -OCH3 is 1. The largest absolute Gasteiger partial charge is 0.497 e. The van der Waals surface area contributed by atoms with Gasteiger partial charge in [-0.3, -0.25) is 4.98 Å². The van der Waals surface area contributed by atoms with Gasteiger partial charge in [0.25, 0.3) is 0 Å². The van der Waals surface area contributed by atoms with Crippen LogP contribution in [0.15, 0.2) is 48.7 Å². The number of benzene rings is 2. The number of nitrogen functional groups attached to an aromatic ring is 1. The van der Waals surface area contributed by atoms with Crippen molar-refractivity contribution in [2.24, 2.45) is 0 Å². The van der Waals surface area contributed by atoms with Crippen LogP contribution in [-0.2, 0) is 0 Å². The van der Waals surface area contributed by atoms with E-state index < -0.39 is 0 Å². The number of rotatable bonds is 3. The minimum atomic E-state index is 0.552. The van der Waals surface area contributed by atoms with E-state index in [2.05, 4.69) is 9.97 Å².